The van der Waals surface area contributed by atoms with Crippen molar-refractivity contribution in [1.82, 2.24) is 5.32 Å². The predicted molar refractivity (Wildman–Crippen MR) is 95.3 cm³/mol. The lowest BCUT2D eigenvalue weighted by atomic mass is 9.97. The maximum Gasteiger partial charge on any atom is 0.223 e. The van der Waals surface area contributed by atoms with Gasteiger partial charge in [-0.15, -0.1) is 0 Å². The van der Waals surface area contributed by atoms with Crippen LogP contribution >= 0.6 is 0 Å². The van der Waals surface area contributed by atoms with Crippen molar-refractivity contribution in [1.29, 1.82) is 0 Å². The number of carbonyl (C=O) groups is 1. The number of nitrogens with one attached hydrogen (secondary N) is 1. The van der Waals surface area contributed by atoms with E-state index in [1.165, 1.54) is 12.8 Å². The zero-order valence-corrected chi connectivity index (χ0v) is 14.8. The number of rotatable bonds is 5. The van der Waals surface area contributed by atoms with E-state index in [2.05, 4.69) is 5.32 Å². The van der Waals surface area contributed by atoms with Gasteiger partial charge in [0.15, 0.2) is 0 Å². The molecule has 1 saturated carbocycles. The molecule has 2 fully saturated rings. The summed E-state index contributed by atoms with van der Waals surface area (Å²) >= 11 is 0. The van der Waals surface area contributed by atoms with E-state index in [9.17, 15) is 4.79 Å². The van der Waals surface area contributed by atoms with Crippen molar-refractivity contribution in [2.75, 3.05) is 13.2 Å². The number of hydrogen-bond acceptors (Lipinski definition) is 4. The number of benzene rings is 1. The second-order valence-electron chi connectivity index (χ2n) is 7.13. The van der Waals surface area contributed by atoms with E-state index < -0.39 is 0 Å². The fraction of sp³-hybridized carbons (Fsp3) is 0.650. The van der Waals surface area contributed by atoms with Gasteiger partial charge in [0, 0.05) is 12.5 Å². The monoisotopic (exact) mass is 347 g/mol. The average Bonchev–Trinajstić information content (AvgIpc) is 2.93. The Kier molecular flexibility index (Phi) is 6.70. The first-order chi connectivity index (χ1) is 12.3. The molecular formula is C20H29NO4. The third-order valence-corrected chi connectivity index (χ3v) is 5.25. The summed E-state index contributed by atoms with van der Waals surface area (Å²) in [5.74, 6) is 1.06. The molecule has 1 saturated heterocycles. The molecule has 1 aliphatic heterocycles. The smallest absolute Gasteiger partial charge is 0.223 e. The number of amides is 1. The first-order valence-electron chi connectivity index (χ1n) is 9.51. The molecule has 1 aliphatic carbocycles. The van der Waals surface area contributed by atoms with E-state index in [0.717, 1.165) is 43.4 Å². The minimum atomic E-state index is -0.177. The first kappa shape index (κ1) is 18.2. The van der Waals surface area contributed by atoms with Gasteiger partial charge in [-0.1, -0.05) is 37.8 Å². The predicted octanol–water partition coefficient (Wildman–Crippen LogP) is 2.80. The second kappa shape index (κ2) is 9.20. The molecule has 1 aromatic rings. The summed E-state index contributed by atoms with van der Waals surface area (Å²) in [5.41, 5.74) is 0.852. The van der Waals surface area contributed by atoms with Crippen LogP contribution in [0.4, 0.5) is 0 Å². The van der Waals surface area contributed by atoms with Gasteiger partial charge in [-0.3, -0.25) is 4.79 Å². The van der Waals surface area contributed by atoms with Crippen LogP contribution in [0.25, 0.3) is 0 Å². The molecule has 5 heteroatoms. The molecular weight excluding hydrogens is 318 g/mol. The standard InChI is InChI=1S/C20H29NO4/c22-13-15-7-9-17(10-8-15)25-19-14-24-12-11-18(19)21-20(23)16-5-3-1-2-4-6-16/h7-10,16,18-19,22H,1-6,11-14H2,(H,21,23)/t18-,19-/m1/s1. The molecule has 138 valence electrons. The molecule has 2 aliphatic rings. The fourth-order valence-electron chi connectivity index (χ4n) is 3.68. The van der Waals surface area contributed by atoms with Gasteiger partial charge in [0.25, 0.3) is 0 Å². The topological polar surface area (TPSA) is 67.8 Å². The van der Waals surface area contributed by atoms with Crippen molar-refractivity contribution in [2.45, 2.75) is 63.7 Å². The molecule has 0 aromatic heterocycles. The molecule has 3 rings (SSSR count). The Bertz CT molecular complexity index is 537. The Hall–Kier alpha value is -1.59. The van der Waals surface area contributed by atoms with E-state index in [1.54, 1.807) is 0 Å². The van der Waals surface area contributed by atoms with Crippen molar-refractivity contribution in [3.05, 3.63) is 29.8 Å². The van der Waals surface area contributed by atoms with Gasteiger partial charge < -0.3 is 19.9 Å². The highest BCUT2D eigenvalue weighted by Crippen LogP contribution is 2.24. The van der Waals surface area contributed by atoms with Crippen LogP contribution in [0.3, 0.4) is 0 Å². The van der Waals surface area contributed by atoms with Gasteiger partial charge in [-0.25, -0.2) is 0 Å². The van der Waals surface area contributed by atoms with Crippen LogP contribution in [-0.4, -0.2) is 36.4 Å². The van der Waals surface area contributed by atoms with Gasteiger partial charge in [0.05, 0.1) is 19.3 Å². The molecule has 2 atom stereocenters. The highest BCUT2D eigenvalue weighted by molar-refractivity contribution is 5.79. The van der Waals surface area contributed by atoms with Gasteiger partial charge in [0.2, 0.25) is 5.91 Å². The van der Waals surface area contributed by atoms with Crippen molar-refractivity contribution < 1.29 is 19.4 Å². The van der Waals surface area contributed by atoms with Crippen LogP contribution in [0.2, 0.25) is 0 Å². The molecule has 1 aromatic carbocycles. The van der Waals surface area contributed by atoms with Crippen LogP contribution in [-0.2, 0) is 16.1 Å². The van der Waals surface area contributed by atoms with Gasteiger partial charge >= 0.3 is 0 Å². The molecule has 1 amide bonds. The number of hydrogen-bond donors (Lipinski definition) is 2. The summed E-state index contributed by atoms with van der Waals surface area (Å²) in [5, 5.41) is 12.4. The van der Waals surface area contributed by atoms with Crippen molar-refractivity contribution in [2.24, 2.45) is 5.92 Å². The van der Waals surface area contributed by atoms with Crippen LogP contribution in [0, 0.1) is 5.92 Å². The quantitative estimate of drug-likeness (QED) is 0.804. The Balaban J connectivity index is 1.58. The molecule has 0 unspecified atom stereocenters. The third kappa shape index (κ3) is 5.19. The minimum absolute atomic E-state index is 0.0120. The Morgan fingerprint density at radius 3 is 2.52 bits per heavy atom. The second-order valence-corrected chi connectivity index (χ2v) is 7.13. The van der Waals surface area contributed by atoms with Crippen LogP contribution in [0.1, 0.15) is 50.5 Å². The molecule has 0 bridgehead atoms. The van der Waals surface area contributed by atoms with Crippen molar-refractivity contribution in [3.63, 3.8) is 0 Å². The van der Waals surface area contributed by atoms with Gasteiger partial charge in [0.1, 0.15) is 11.9 Å². The lowest BCUT2D eigenvalue weighted by molar-refractivity contribution is -0.128. The third-order valence-electron chi connectivity index (χ3n) is 5.25. The largest absolute Gasteiger partial charge is 0.486 e. The zero-order chi connectivity index (χ0) is 17.5. The van der Waals surface area contributed by atoms with E-state index in [0.29, 0.717) is 13.2 Å². The summed E-state index contributed by atoms with van der Waals surface area (Å²) < 4.78 is 11.6. The normalized spacial score (nSPS) is 25.2. The van der Waals surface area contributed by atoms with Crippen LogP contribution < -0.4 is 10.1 Å². The Labute approximate surface area is 149 Å². The van der Waals surface area contributed by atoms with E-state index >= 15 is 0 Å². The maximum atomic E-state index is 12.7. The fourth-order valence-corrected chi connectivity index (χ4v) is 3.68. The summed E-state index contributed by atoms with van der Waals surface area (Å²) in [6, 6.07) is 7.38. The number of carbonyl (C=O) groups excluding carboxylic acids is 1. The van der Waals surface area contributed by atoms with Crippen molar-refractivity contribution >= 4 is 5.91 Å². The SMILES string of the molecule is O=C(N[C@@H]1CCOC[C@H]1Oc1ccc(CO)cc1)C1CCCCCC1. The van der Waals surface area contributed by atoms with Gasteiger partial charge in [-0.2, -0.15) is 0 Å². The summed E-state index contributed by atoms with van der Waals surface area (Å²) in [6.45, 7) is 1.16. The maximum absolute atomic E-state index is 12.7. The summed E-state index contributed by atoms with van der Waals surface area (Å²) in [6.07, 6.45) is 7.41. The van der Waals surface area contributed by atoms with Gasteiger partial charge in [-0.05, 0) is 37.0 Å². The summed E-state index contributed by atoms with van der Waals surface area (Å²) in [7, 11) is 0. The Morgan fingerprint density at radius 2 is 1.84 bits per heavy atom. The van der Waals surface area contributed by atoms with E-state index in [4.69, 9.17) is 14.6 Å². The minimum Gasteiger partial charge on any atom is -0.486 e. The highest BCUT2D eigenvalue weighted by atomic mass is 16.5. The molecule has 25 heavy (non-hydrogen) atoms. The van der Waals surface area contributed by atoms with Crippen LogP contribution in [0.15, 0.2) is 24.3 Å². The van der Waals surface area contributed by atoms with E-state index in [1.807, 2.05) is 24.3 Å². The molecule has 0 radical (unpaired) electrons. The zero-order valence-electron chi connectivity index (χ0n) is 14.8. The molecule has 0 spiro atoms. The average molecular weight is 347 g/mol. The first-order valence-corrected chi connectivity index (χ1v) is 9.51. The number of aliphatic hydroxyl groups excluding tert-OH is 1. The van der Waals surface area contributed by atoms with E-state index in [-0.39, 0.29) is 30.6 Å². The lowest BCUT2D eigenvalue weighted by Gasteiger charge is -2.33. The number of aliphatic hydroxyl groups is 1. The van der Waals surface area contributed by atoms with Crippen LogP contribution in [0.5, 0.6) is 5.75 Å². The summed E-state index contributed by atoms with van der Waals surface area (Å²) in [4.78, 5) is 12.7. The molecule has 2 N–H and O–H groups in total. The van der Waals surface area contributed by atoms with Crippen molar-refractivity contribution in [3.8, 4) is 5.75 Å². The number of ether oxygens (including phenoxy) is 2. The Morgan fingerprint density at radius 1 is 1.12 bits per heavy atom. The molecule has 5 nitrogen and oxygen atoms in total. The lowest BCUT2D eigenvalue weighted by Crippen LogP contribution is -2.52. The molecule has 1 heterocycles. The highest BCUT2D eigenvalue weighted by Gasteiger charge is 2.31.